The third-order valence-electron chi connectivity index (χ3n) is 3.47. The summed E-state index contributed by atoms with van der Waals surface area (Å²) in [6.07, 6.45) is 0. The molecule has 0 aromatic heterocycles. The number of hydrogen-bond acceptors (Lipinski definition) is 2. The van der Waals surface area contributed by atoms with E-state index in [0.29, 0.717) is 12.3 Å². The molecule has 0 fully saturated rings. The van der Waals surface area contributed by atoms with Crippen molar-refractivity contribution < 1.29 is 9.18 Å². The summed E-state index contributed by atoms with van der Waals surface area (Å²) in [6, 6.07) is 16.2. The number of nitrogens with zero attached hydrogens (tertiary/aromatic N) is 1. The van der Waals surface area contributed by atoms with Crippen molar-refractivity contribution in [2.24, 2.45) is 0 Å². The van der Waals surface area contributed by atoms with Gasteiger partial charge in [0.1, 0.15) is 5.82 Å². The minimum absolute atomic E-state index is 0.0793. The van der Waals surface area contributed by atoms with Crippen molar-refractivity contribution in [1.82, 2.24) is 4.90 Å². The predicted octanol–water partition coefficient (Wildman–Crippen LogP) is 4.75. The molecule has 4 heteroatoms. The maximum Gasteiger partial charge on any atom is 0.233 e. The molecule has 2 nitrogen and oxygen atoms in total. The first-order valence-electron chi connectivity index (χ1n) is 7.59. The molecule has 2 aromatic rings. The maximum absolute atomic E-state index is 12.9. The molecule has 23 heavy (non-hydrogen) atoms. The third kappa shape index (κ3) is 5.39. The molecule has 0 bridgehead atoms. The van der Waals surface area contributed by atoms with Crippen LogP contribution in [0.15, 0.2) is 59.5 Å². The number of halogens is 1. The Morgan fingerprint density at radius 3 is 2.22 bits per heavy atom. The SMILES string of the molecule is CC(C)(C)N(Cc1ccccc1)C(=O)CSc1ccc(F)cc1. The van der Waals surface area contributed by atoms with Crippen molar-refractivity contribution in [2.45, 2.75) is 37.8 Å². The second kappa shape index (κ2) is 7.64. The normalized spacial score (nSPS) is 11.3. The Hall–Kier alpha value is -1.81. The van der Waals surface area contributed by atoms with Gasteiger partial charge in [-0.25, -0.2) is 4.39 Å². The van der Waals surface area contributed by atoms with Gasteiger partial charge in [-0.2, -0.15) is 0 Å². The second-order valence-electron chi connectivity index (χ2n) is 6.38. The average molecular weight is 331 g/mol. The Labute approximate surface area is 141 Å². The molecule has 0 unspecified atom stereocenters. The highest BCUT2D eigenvalue weighted by atomic mass is 32.2. The van der Waals surface area contributed by atoms with Crippen molar-refractivity contribution in [2.75, 3.05) is 5.75 Å². The molecule has 0 aliphatic rings. The van der Waals surface area contributed by atoms with E-state index in [1.165, 1.54) is 23.9 Å². The third-order valence-corrected chi connectivity index (χ3v) is 4.47. The predicted molar refractivity (Wildman–Crippen MR) is 93.9 cm³/mol. The lowest BCUT2D eigenvalue weighted by Crippen LogP contribution is -2.45. The van der Waals surface area contributed by atoms with Crippen molar-refractivity contribution in [3.05, 3.63) is 66.0 Å². The topological polar surface area (TPSA) is 20.3 Å². The van der Waals surface area contributed by atoms with Gasteiger partial charge in [0.2, 0.25) is 5.91 Å². The lowest BCUT2D eigenvalue weighted by atomic mass is 10.0. The van der Waals surface area contributed by atoms with E-state index >= 15 is 0 Å². The molecule has 0 saturated heterocycles. The number of benzene rings is 2. The van der Waals surface area contributed by atoms with E-state index in [9.17, 15) is 9.18 Å². The van der Waals surface area contributed by atoms with Crippen LogP contribution in [-0.4, -0.2) is 22.1 Å². The van der Waals surface area contributed by atoms with Gasteiger partial charge in [0.05, 0.1) is 5.75 Å². The fraction of sp³-hybridized carbons (Fsp3) is 0.316. The maximum atomic E-state index is 12.9. The Bertz CT molecular complexity index is 635. The lowest BCUT2D eigenvalue weighted by molar-refractivity contribution is -0.133. The van der Waals surface area contributed by atoms with Gasteiger partial charge in [-0.15, -0.1) is 11.8 Å². The lowest BCUT2D eigenvalue weighted by Gasteiger charge is -2.36. The monoisotopic (exact) mass is 331 g/mol. The van der Waals surface area contributed by atoms with Gasteiger partial charge in [-0.1, -0.05) is 30.3 Å². The fourth-order valence-corrected chi connectivity index (χ4v) is 2.99. The Morgan fingerprint density at radius 1 is 1.04 bits per heavy atom. The van der Waals surface area contributed by atoms with Gasteiger partial charge in [0.25, 0.3) is 0 Å². The molecule has 0 aliphatic carbocycles. The number of carbonyl (C=O) groups is 1. The molecule has 122 valence electrons. The summed E-state index contributed by atoms with van der Waals surface area (Å²) in [7, 11) is 0. The van der Waals surface area contributed by atoms with Crippen LogP contribution in [0.4, 0.5) is 4.39 Å². The van der Waals surface area contributed by atoms with Crippen molar-refractivity contribution in [1.29, 1.82) is 0 Å². The first-order chi connectivity index (χ1) is 10.9. The highest BCUT2D eigenvalue weighted by Crippen LogP contribution is 2.23. The average Bonchev–Trinajstić information content (AvgIpc) is 2.52. The van der Waals surface area contributed by atoms with Crippen LogP contribution in [0.5, 0.6) is 0 Å². The quantitative estimate of drug-likeness (QED) is 0.737. The van der Waals surface area contributed by atoms with Gasteiger partial charge < -0.3 is 4.90 Å². The number of hydrogen-bond donors (Lipinski definition) is 0. The van der Waals surface area contributed by atoms with Crippen LogP contribution < -0.4 is 0 Å². The summed E-state index contributed by atoms with van der Waals surface area (Å²) in [5, 5.41) is 0. The van der Waals surface area contributed by atoms with Crippen LogP contribution in [0.2, 0.25) is 0 Å². The van der Waals surface area contributed by atoms with Crippen molar-refractivity contribution >= 4 is 17.7 Å². The van der Waals surface area contributed by atoms with Gasteiger partial charge in [-0.05, 0) is 50.6 Å². The zero-order valence-electron chi connectivity index (χ0n) is 13.8. The van der Waals surface area contributed by atoms with Crippen LogP contribution >= 0.6 is 11.8 Å². The molecule has 2 rings (SSSR count). The molecule has 0 saturated carbocycles. The van der Waals surface area contributed by atoms with Crippen LogP contribution in [0.1, 0.15) is 26.3 Å². The summed E-state index contributed by atoms with van der Waals surface area (Å²) in [6.45, 7) is 6.70. The van der Waals surface area contributed by atoms with Crippen LogP contribution in [0.3, 0.4) is 0 Å². The highest BCUT2D eigenvalue weighted by molar-refractivity contribution is 8.00. The molecule has 0 aliphatic heterocycles. The number of rotatable bonds is 5. The summed E-state index contributed by atoms with van der Waals surface area (Å²) in [5.74, 6) is 0.159. The van der Waals surface area contributed by atoms with E-state index in [4.69, 9.17) is 0 Å². The van der Waals surface area contributed by atoms with E-state index in [-0.39, 0.29) is 17.3 Å². The molecule has 0 atom stereocenters. The number of carbonyl (C=O) groups excluding carboxylic acids is 1. The van der Waals surface area contributed by atoms with Gasteiger partial charge in [0, 0.05) is 17.0 Å². The van der Waals surface area contributed by atoms with Gasteiger partial charge >= 0.3 is 0 Å². The molecular weight excluding hydrogens is 309 g/mol. The number of thioether (sulfide) groups is 1. The molecular formula is C19H22FNOS. The smallest absolute Gasteiger partial charge is 0.233 e. The Balaban J connectivity index is 2.03. The van der Waals surface area contributed by atoms with E-state index in [1.54, 1.807) is 12.1 Å². The molecule has 2 aromatic carbocycles. The zero-order valence-corrected chi connectivity index (χ0v) is 14.6. The summed E-state index contributed by atoms with van der Waals surface area (Å²) < 4.78 is 12.9. The van der Waals surface area contributed by atoms with Crippen LogP contribution in [0, 0.1) is 5.82 Å². The molecule has 0 N–H and O–H groups in total. The van der Waals surface area contributed by atoms with Crippen LogP contribution in [-0.2, 0) is 11.3 Å². The number of amides is 1. The molecule has 1 amide bonds. The van der Waals surface area contributed by atoms with Crippen LogP contribution in [0.25, 0.3) is 0 Å². The second-order valence-corrected chi connectivity index (χ2v) is 7.43. The molecule has 0 radical (unpaired) electrons. The summed E-state index contributed by atoms with van der Waals surface area (Å²) in [5.41, 5.74) is 0.860. The standard InChI is InChI=1S/C19H22FNOS/c1-19(2,3)21(13-15-7-5-4-6-8-15)18(22)14-23-17-11-9-16(20)10-12-17/h4-12H,13-14H2,1-3H3. The van der Waals surface area contributed by atoms with Crippen molar-refractivity contribution in [3.63, 3.8) is 0 Å². The highest BCUT2D eigenvalue weighted by Gasteiger charge is 2.26. The van der Waals surface area contributed by atoms with E-state index < -0.39 is 0 Å². The Kier molecular flexibility index (Phi) is 5.83. The molecule has 0 spiro atoms. The minimum atomic E-state index is -0.263. The van der Waals surface area contributed by atoms with E-state index in [1.807, 2.05) is 56.0 Å². The van der Waals surface area contributed by atoms with E-state index in [0.717, 1.165) is 10.5 Å². The fourth-order valence-electron chi connectivity index (χ4n) is 2.22. The summed E-state index contributed by atoms with van der Waals surface area (Å²) in [4.78, 5) is 15.4. The zero-order chi connectivity index (χ0) is 16.9. The van der Waals surface area contributed by atoms with Crippen molar-refractivity contribution in [3.8, 4) is 0 Å². The first-order valence-corrected chi connectivity index (χ1v) is 8.57. The largest absolute Gasteiger partial charge is 0.333 e. The minimum Gasteiger partial charge on any atom is -0.333 e. The van der Waals surface area contributed by atoms with Gasteiger partial charge in [0.15, 0.2) is 0 Å². The van der Waals surface area contributed by atoms with E-state index in [2.05, 4.69) is 0 Å². The Morgan fingerprint density at radius 2 is 1.65 bits per heavy atom. The van der Waals surface area contributed by atoms with Gasteiger partial charge in [-0.3, -0.25) is 4.79 Å². The first kappa shape index (κ1) is 17.5. The molecule has 0 heterocycles. The summed E-state index contributed by atoms with van der Waals surface area (Å²) >= 11 is 1.43.